The van der Waals surface area contributed by atoms with Crippen molar-refractivity contribution in [1.29, 1.82) is 0 Å². The van der Waals surface area contributed by atoms with Gasteiger partial charge in [0.15, 0.2) is 0 Å². The molecule has 0 aliphatic rings. The maximum atomic E-state index is 5.04. The quantitative estimate of drug-likeness (QED) is 0.0820. The van der Waals surface area contributed by atoms with Crippen LogP contribution in [0, 0.1) is 53.7 Å². The van der Waals surface area contributed by atoms with Crippen LogP contribution in [0.4, 0.5) is 0 Å². The smallest absolute Gasteiger partial charge is 0.0799 e. The van der Waals surface area contributed by atoms with Crippen LogP contribution in [0.5, 0.6) is 0 Å². The molecule has 6 rings (SSSR count). The fourth-order valence-corrected chi connectivity index (χ4v) is 13.1. The van der Waals surface area contributed by atoms with Crippen LogP contribution >= 0.6 is 7.92 Å². The second-order valence-corrected chi connectivity index (χ2v) is 29.7. The Morgan fingerprint density at radius 1 is 0.607 bits per heavy atom. The van der Waals surface area contributed by atoms with Gasteiger partial charge >= 0.3 is 0 Å². The summed E-state index contributed by atoms with van der Waals surface area (Å²) in [4.78, 5) is 9.56. The summed E-state index contributed by atoms with van der Waals surface area (Å²) in [6, 6.07) is 37.5. The van der Waals surface area contributed by atoms with Crippen molar-refractivity contribution in [2.45, 2.75) is 107 Å². The molecule has 56 heavy (non-hydrogen) atoms. The van der Waals surface area contributed by atoms with Gasteiger partial charge in [-0.25, -0.2) is 0 Å². The second-order valence-electron chi connectivity index (χ2n) is 17.5. The molecule has 0 fully saturated rings. The number of hydrogen-bond donors (Lipinski definition) is 0. The van der Waals surface area contributed by atoms with Crippen molar-refractivity contribution < 1.29 is 20.1 Å². The average molecular weight is 969 g/mol. The topological polar surface area (TPSA) is 25.8 Å². The number of pyridine rings is 2. The summed E-state index contributed by atoms with van der Waals surface area (Å²) >= 11 is 0. The SMILES string of the molecule is CCC(C)c1cc(-c2[c-]ccc(P(c3c(C)cc(C)cc3C)c3c(C)cc(C)cc3C)c2)ncc1[Si](C)(C)C.C[Si](C)(C)c1ccc(-c2[c-]cccc2)nc1.[Ir]. The molecule has 2 aromatic heterocycles. The molecule has 2 nitrogen and oxygen atoms in total. The first kappa shape index (κ1) is 45.4. The van der Waals surface area contributed by atoms with E-state index in [2.05, 4.69) is 179 Å². The van der Waals surface area contributed by atoms with Crippen LogP contribution in [-0.4, -0.2) is 26.1 Å². The summed E-state index contributed by atoms with van der Waals surface area (Å²) in [6.07, 6.45) is 5.32. The van der Waals surface area contributed by atoms with Crippen molar-refractivity contribution in [3.63, 3.8) is 0 Å². The van der Waals surface area contributed by atoms with Gasteiger partial charge in [-0.3, -0.25) is 0 Å². The molecule has 1 atom stereocenters. The van der Waals surface area contributed by atoms with Gasteiger partial charge in [-0.1, -0.05) is 118 Å². The summed E-state index contributed by atoms with van der Waals surface area (Å²) in [5.41, 5.74) is 13.8. The molecule has 1 unspecified atom stereocenters. The molecule has 6 heteroatoms. The summed E-state index contributed by atoms with van der Waals surface area (Å²) in [5.74, 6) is 0.518. The van der Waals surface area contributed by atoms with Crippen LogP contribution in [-0.2, 0) is 20.1 Å². The molecular formula is C50H61IrN2PSi2-2. The minimum Gasteiger partial charge on any atom is -0.305 e. The van der Waals surface area contributed by atoms with Gasteiger partial charge in [0.25, 0.3) is 0 Å². The minimum absolute atomic E-state index is 0. The van der Waals surface area contributed by atoms with Gasteiger partial charge in [-0.15, -0.1) is 65.7 Å². The molecule has 0 spiro atoms. The summed E-state index contributed by atoms with van der Waals surface area (Å²) in [5, 5.41) is 7.20. The zero-order valence-electron chi connectivity index (χ0n) is 36.2. The number of rotatable bonds is 9. The first-order valence-electron chi connectivity index (χ1n) is 19.8. The van der Waals surface area contributed by atoms with Crippen molar-refractivity contribution in [1.82, 2.24) is 9.97 Å². The van der Waals surface area contributed by atoms with E-state index in [9.17, 15) is 0 Å². The molecule has 0 saturated carbocycles. The fraction of sp³-hybridized carbons (Fsp3) is 0.320. The van der Waals surface area contributed by atoms with E-state index in [1.54, 1.807) is 0 Å². The van der Waals surface area contributed by atoms with Crippen molar-refractivity contribution in [2.24, 2.45) is 0 Å². The molecule has 4 aromatic carbocycles. The zero-order chi connectivity index (χ0) is 40.2. The Morgan fingerprint density at radius 3 is 1.62 bits per heavy atom. The summed E-state index contributed by atoms with van der Waals surface area (Å²) < 4.78 is 0. The van der Waals surface area contributed by atoms with E-state index in [1.807, 2.05) is 30.5 Å². The van der Waals surface area contributed by atoms with E-state index in [0.717, 1.165) is 28.9 Å². The molecule has 0 amide bonds. The molecule has 0 aliphatic carbocycles. The molecule has 0 saturated heterocycles. The molecule has 2 heterocycles. The van der Waals surface area contributed by atoms with E-state index >= 15 is 0 Å². The molecular weight excluding hydrogens is 908 g/mol. The number of nitrogens with zero attached hydrogens (tertiary/aromatic N) is 2. The molecule has 295 valence electrons. The van der Waals surface area contributed by atoms with Crippen molar-refractivity contribution >= 4 is 50.4 Å². The van der Waals surface area contributed by atoms with Crippen molar-refractivity contribution in [3.05, 3.63) is 148 Å². The van der Waals surface area contributed by atoms with Gasteiger partial charge < -0.3 is 9.97 Å². The Kier molecular flexibility index (Phi) is 15.4. The first-order chi connectivity index (χ1) is 25.9. The van der Waals surface area contributed by atoms with Gasteiger partial charge in [0.2, 0.25) is 0 Å². The van der Waals surface area contributed by atoms with Crippen LogP contribution < -0.4 is 26.3 Å². The monoisotopic (exact) mass is 969 g/mol. The largest absolute Gasteiger partial charge is 0.305 e. The Hall–Kier alpha value is -3.31. The van der Waals surface area contributed by atoms with E-state index in [1.165, 1.54) is 65.2 Å². The molecule has 1 radical (unpaired) electrons. The van der Waals surface area contributed by atoms with E-state index < -0.39 is 24.1 Å². The number of benzene rings is 4. The number of aromatic nitrogens is 2. The maximum Gasteiger partial charge on any atom is 0.0799 e. The predicted octanol–water partition coefficient (Wildman–Crippen LogP) is 11.3. The van der Waals surface area contributed by atoms with E-state index in [4.69, 9.17) is 4.98 Å². The number of aryl methyl sites for hydroxylation is 6. The van der Waals surface area contributed by atoms with Gasteiger partial charge in [0, 0.05) is 32.5 Å². The summed E-state index contributed by atoms with van der Waals surface area (Å²) in [6.45, 7) is 32.5. The molecule has 0 aliphatic heterocycles. The Bertz CT molecular complexity index is 2150. The second kappa shape index (κ2) is 19.0. The van der Waals surface area contributed by atoms with Gasteiger partial charge in [0.05, 0.1) is 16.1 Å². The fourth-order valence-electron chi connectivity index (χ4n) is 7.58. The Morgan fingerprint density at radius 2 is 1.16 bits per heavy atom. The van der Waals surface area contributed by atoms with Crippen molar-refractivity contribution in [2.75, 3.05) is 0 Å². The minimum atomic E-state index is -1.50. The Labute approximate surface area is 356 Å². The van der Waals surface area contributed by atoms with Crippen LogP contribution in [0.1, 0.15) is 65.1 Å². The predicted molar refractivity (Wildman–Crippen MR) is 249 cm³/mol. The third-order valence-electron chi connectivity index (χ3n) is 10.5. The third-order valence-corrected chi connectivity index (χ3v) is 17.7. The van der Waals surface area contributed by atoms with Crippen LogP contribution in [0.3, 0.4) is 0 Å². The van der Waals surface area contributed by atoms with Crippen molar-refractivity contribution in [3.8, 4) is 22.5 Å². The van der Waals surface area contributed by atoms with Crippen LogP contribution in [0.25, 0.3) is 22.5 Å². The normalized spacial score (nSPS) is 12.1. The van der Waals surface area contributed by atoms with Gasteiger partial charge in [-0.05, 0) is 116 Å². The molecule has 6 aromatic rings. The van der Waals surface area contributed by atoms with E-state index in [-0.39, 0.29) is 20.1 Å². The van der Waals surface area contributed by atoms with Crippen LogP contribution in [0.15, 0.2) is 97.3 Å². The van der Waals surface area contributed by atoms with Gasteiger partial charge in [-0.2, -0.15) is 0 Å². The first-order valence-corrected chi connectivity index (χ1v) is 28.1. The van der Waals surface area contributed by atoms with Gasteiger partial charge in [0.1, 0.15) is 0 Å². The number of hydrogen-bond acceptors (Lipinski definition) is 2. The summed E-state index contributed by atoms with van der Waals surface area (Å²) in [7, 11) is -3.48. The Balaban J connectivity index is 0.000000342. The third kappa shape index (κ3) is 10.8. The van der Waals surface area contributed by atoms with Crippen LogP contribution in [0.2, 0.25) is 39.3 Å². The van der Waals surface area contributed by atoms with E-state index in [0.29, 0.717) is 5.92 Å². The maximum absolute atomic E-state index is 5.04. The zero-order valence-corrected chi connectivity index (χ0v) is 41.5. The molecule has 0 bridgehead atoms. The average Bonchev–Trinajstić information content (AvgIpc) is 3.13. The standard InChI is InChI=1S/C36H45NPSi.C14H16NSi.Ir/c1-12-25(4)32-21-33(37-22-34(32)39(9,10)11)30-14-13-15-31(20-30)38(35-26(5)16-23(2)17-27(35)6)36-28(7)18-24(3)19-29(36)8;1-16(2,3)13-9-10-14(15-11-13)12-7-5-4-6-8-12;/h13,15-22,25H,12H2,1-11H3;4-7,9-11H,1-3H3;/q2*-1;. The molecule has 0 N–H and O–H groups in total.